The monoisotopic (exact) mass is 393 g/mol. The Balaban J connectivity index is 1.44. The Morgan fingerprint density at radius 2 is 2.03 bits per heavy atom. The van der Waals surface area contributed by atoms with Crippen LogP contribution in [0.15, 0.2) is 53.1 Å². The van der Waals surface area contributed by atoms with Crippen LogP contribution >= 0.6 is 0 Å². The zero-order chi connectivity index (χ0) is 20.2. The predicted octanol–water partition coefficient (Wildman–Crippen LogP) is 3.80. The second kappa shape index (κ2) is 8.34. The maximum atomic E-state index is 12.7. The molecule has 1 aromatic heterocycles. The zero-order valence-electron chi connectivity index (χ0n) is 16.5. The third-order valence-corrected chi connectivity index (χ3v) is 5.00. The van der Waals surface area contributed by atoms with Gasteiger partial charge >= 0.3 is 0 Å². The summed E-state index contributed by atoms with van der Waals surface area (Å²) in [6, 6.07) is 14.9. The van der Waals surface area contributed by atoms with Crippen LogP contribution in [-0.2, 0) is 4.79 Å². The van der Waals surface area contributed by atoms with E-state index in [2.05, 4.69) is 10.1 Å². The van der Waals surface area contributed by atoms with Crippen LogP contribution in [-0.4, -0.2) is 41.2 Å². The molecule has 1 aliphatic rings. The molecule has 150 valence electrons. The first kappa shape index (κ1) is 19.0. The lowest BCUT2D eigenvalue weighted by molar-refractivity contribution is -0.134. The molecule has 0 spiro atoms. The number of likely N-dealkylation sites (tertiary alicyclic amines) is 1. The quantitative estimate of drug-likeness (QED) is 0.634. The highest BCUT2D eigenvalue weighted by Gasteiger charge is 2.34. The number of nitrogens with zero attached hydrogens (tertiary/aromatic N) is 3. The van der Waals surface area contributed by atoms with E-state index in [1.165, 1.54) is 0 Å². The normalized spacial score (nSPS) is 16.1. The van der Waals surface area contributed by atoms with Crippen molar-refractivity contribution in [3.05, 3.63) is 60.0 Å². The summed E-state index contributed by atoms with van der Waals surface area (Å²) >= 11 is 0. The number of benzene rings is 2. The topological polar surface area (TPSA) is 77.7 Å². The van der Waals surface area contributed by atoms with Crippen molar-refractivity contribution in [2.45, 2.75) is 25.8 Å². The van der Waals surface area contributed by atoms with Gasteiger partial charge in [-0.3, -0.25) is 4.79 Å². The minimum atomic E-state index is -0.219. The lowest BCUT2D eigenvalue weighted by atomic mass is 10.2. The number of carbonyl (C=O) groups is 1. The number of hydrogen-bond acceptors (Lipinski definition) is 6. The minimum Gasteiger partial charge on any atom is -0.497 e. The highest BCUT2D eigenvalue weighted by Crippen LogP contribution is 2.32. The lowest BCUT2D eigenvalue weighted by Crippen LogP contribution is -2.34. The van der Waals surface area contributed by atoms with Gasteiger partial charge in [0, 0.05) is 12.1 Å². The molecular formula is C22H23N3O4. The van der Waals surface area contributed by atoms with Crippen LogP contribution in [0.1, 0.15) is 30.3 Å². The van der Waals surface area contributed by atoms with Gasteiger partial charge in [0.15, 0.2) is 6.61 Å². The van der Waals surface area contributed by atoms with Gasteiger partial charge in [-0.1, -0.05) is 17.3 Å². The molecule has 3 aromatic rings. The Morgan fingerprint density at radius 1 is 1.21 bits per heavy atom. The zero-order valence-corrected chi connectivity index (χ0v) is 16.5. The maximum absolute atomic E-state index is 12.7. The van der Waals surface area contributed by atoms with Crippen molar-refractivity contribution in [1.29, 1.82) is 0 Å². The van der Waals surface area contributed by atoms with E-state index in [1.807, 2.05) is 55.5 Å². The molecule has 2 heterocycles. The average Bonchev–Trinajstić information content (AvgIpc) is 3.41. The summed E-state index contributed by atoms with van der Waals surface area (Å²) in [7, 11) is 1.62. The average molecular weight is 393 g/mol. The number of hydrogen-bond donors (Lipinski definition) is 0. The lowest BCUT2D eigenvalue weighted by Gasteiger charge is -2.21. The number of ether oxygens (including phenoxy) is 2. The minimum absolute atomic E-state index is 0.0145. The number of aryl methyl sites for hydroxylation is 1. The van der Waals surface area contributed by atoms with E-state index in [9.17, 15) is 4.79 Å². The van der Waals surface area contributed by atoms with Gasteiger partial charge in [-0.15, -0.1) is 0 Å². The molecule has 1 amide bonds. The Hall–Kier alpha value is -3.35. The predicted molar refractivity (Wildman–Crippen MR) is 107 cm³/mol. The Kier molecular flexibility index (Phi) is 5.46. The largest absolute Gasteiger partial charge is 0.497 e. The molecule has 4 rings (SSSR count). The summed E-state index contributed by atoms with van der Waals surface area (Å²) < 4.78 is 16.3. The fourth-order valence-corrected chi connectivity index (χ4v) is 3.48. The number of rotatable bonds is 6. The summed E-state index contributed by atoms with van der Waals surface area (Å²) in [5.41, 5.74) is 1.92. The van der Waals surface area contributed by atoms with Gasteiger partial charge in [-0.05, 0) is 61.7 Å². The molecule has 0 unspecified atom stereocenters. The van der Waals surface area contributed by atoms with E-state index >= 15 is 0 Å². The maximum Gasteiger partial charge on any atom is 0.261 e. The Labute approximate surface area is 169 Å². The van der Waals surface area contributed by atoms with E-state index in [-0.39, 0.29) is 18.6 Å². The SMILES string of the molecule is COc1ccc(-c2noc([C@H]3CCCN3C(=O)COc3cccc(C)c3)n2)cc1. The molecule has 1 fully saturated rings. The van der Waals surface area contributed by atoms with Crippen molar-refractivity contribution in [2.24, 2.45) is 0 Å². The fraction of sp³-hybridized carbons (Fsp3) is 0.318. The third kappa shape index (κ3) is 4.23. The van der Waals surface area contributed by atoms with Crippen molar-refractivity contribution in [2.75, 3.05) is 20.3 Å². The Morgan fingerprint density at radius 3 is 2.79 bits per heavy atom. The van der Waals surface area contributed by atoms with Crippen molar-refractivity contribution < 1.29 is 18.8 Å². The number of methoxy groups -OCH3 is 1. The Bertz CT molecular complexity index is 984. The molecular weight excluding hydrogens is 370 g/mol. The molecule has 2 aromatic carbocycles. The smallest absolute Gasteiger partial charge is 0.261 e. The molecule has 0 saturated carbocycles. The standard InChI is InChI=1S/C22H23N3O4/c1-15-5-3-6-18(13-15)28-14-20(26)25-12-4-7-19(25)22-23-21(24-29-22)16-8-10-17(27-2)11-9-16/h3,5-6,8-11,13,19H,4,7,12,14H2,1-2H3/t19-/m1/s1. The van der Waals surface area contributed by atoms with Gasteiger partial charge < -0.3 is 18.9 Å². The van der Waals surface area contributed by atoms with E-state index < -0.39 is 0 Å². The molecule has 0 radical (unpaired) electrons. The number of carbonyl (C=O) groups excluding carboxylic acids is 1. The van der Waals surface area contributed by atoms with Crippen molar-refractivity contribution in [3.63, 3.8) is 0 Å². The number of amides is 1. The molecule has 7 heteroatoms. The number of aromatic nitrogens is 2. The molecule has 7 nitrogen and oxygen atoms in total. The molecule has 1 atom stereocenters. The molecule has 1 saturated heterocycles. The molecule has 29 heavy (non-hydrogen) atoms. The van der Waals surface area contributed by atoms with Gasteiger partial charge in [0.2, 0.25) is 11.7 Å². The molecule has 0 aliphatic carbocycles. The van der Waals surface area contributed by atoms with Crippen LogP contribution in [0.4, 0.5) is 0 Å². The summed E-state index contributed by atoms with van der Waals surface area (Å²) in [6.07, 6.45) is 1.68. The first-order chi connectivity index (χ1) is 14.1. The van der Waals surface area contributed by atoms with E-state index in [0.29, 0.717) is 24.0 Å². The van der Waals surface area contributed by atoms with Gasteiger partial charge in [-0.25, -0.2) is 0 Å². The summed E-state index contributed by atoms with van der Waals surface area (Å²) in [6.45, 7) is 2.63. The van der Waals surface area contributed by atoms with E-state index in [4.69, 9.17) is 14.0 Å². The van der Waals surface area contributed by atoms with Crippen LogP contribution < -0.4 is 9.47 Å². The molecule has 0 N–H and O–H groups in total. The van der Waals surface area contributed by atoms with Crippen LogP contribution in [0.2, 0.25) is 0 Å². The van der Waals surface area contributed by atoms with Crippen molar-refractivity contribution in [3.8, 4) is 22.9 Å². The summed E-state index contributed by atoms with van der Waals surface area (Å²) in [4.78, 5) is 19.0. The van der Waals surface area contributed by atoms with Gasteiger partial charge in [0.25, 0.3) is 5.91 Å². The van der Waals surface area contributed by atoms with E-state index in [1.54, 1.807) is 12.0 Å². The van der Waals surface area contributed by atoms with Crippen LogP contribution in [0.5, 0.6) is 11.5 Å². The summed E-state index contributed by atoms with van der Waals surface area (Å²) in [5.74, 6) is 2.32. The van der Waals surface area contributed by atoms with E-state index in [0.717, 1.165) is 29.7 Å². The van der Waals surface area contributed by atoms with Gasteiger partial charge in [0.05, 0.1) is 7.11 Å². The summed E-state index contributed by atoms with van der Waals surface area (Å²) in [5, 5.41) is 4.09. The second-order valence-electron chi connectivity index (χ2n) is 7.04. The first-order valence-electron chi connectivity index (χ1n) is 9.61. The van der Waals surface area contributed by atoms with Gasteiger partial charge in [0.1, 0.15) is 17.5 Å². The van der Waals surface area contributed by atoms with Crippen LogP contribution in [0.3, 0.4) is 0 Å². The second-order valence-corrected chi connectivity index (χ2v) is 7.04. The first-order valence-corrected chi connectivity index (χ1v) is 9.61. The fourth-order valence-electron chi connectivity index (χ4n) is 3.48. The highest BCUT2D eigenvalue weighted by molar-refractivity contribution is 5.78. The van der Waals surface area contributed by atoms with Gasteiger partial charge in [-0.2, -0.15) is 4.98 Å². The highest BCUT2D eigenvalue weighted by atomic mass is 16.5. The molecule has 1 aliphatic heterocycles. The third-order valence-electron chi connectivity index (χ3n) is 5.00. The van der Waals surface area contributed by atoms with Crippen LogP contribution in [0, 0.1) is 6.92 Å². The van der Waals surface area contributed by atoms with Crippen molar-refractivity contribution >= 4 is 5.91 Å². The molecule has 0 bridgehead atoms. The van der Waals surface area contributed by atoms with Crippen molar-refractivity contribution in [1.82, 2.24) is 15.0 Å². The van der Waals surface area contributed by atoms with Crippen LogP contribution in [0.25, 0.3) is 11.4 Å².